The lowest BCUT2D eigenvalue weighted by Gasteiger charge is -1.96. The molecule has 2 heterocycles. The molecule has 0 fully saturated rings. The third kappa shape index (κ3) is 2.05. The average Bonchev–Trinajstić information content (AvgIpc) is 2.81. The van der Waals surface area contributed by atoms with E-state index in [-0.39, 0.29) is 22.5 Å². The van der Waals surface area contributed by atoms with Crippen LogP contribution in [0.5, 0.6) is 0 Å². The van der Waals surface area contributed by atoms with E-state index >= 15 is 0 Å². The summed E-state index contributed by atoms with van der Waals surface area (Å²) in [6.07, 6.45) is -0.144. The molecule has 96 valence electrons. The van der Waals surface area contributed by atoms with Gasteiger partial charge in [-0.2, -0.15) is 0 Å². The fourth-order valence-electron chi connectivity index (χ4n) is 1.74. The number of nitrogens with zero attached hydrogens (tertiary/aromatic N) is 2. The number of benzene rings is 1. The van der Waals surface area contributed by atoms with Gasteiger partial charge in [-0.15, -0.1) is 0 Å². The predicted octanol–water partition coefficient (Wildman–Crippen LogP) is 3.97. The first-order valence-electron chi connectivity index (χ1n) is 5.43. The van der Waals surface area contributed by atoms with Gasteiger partial charge in [0.1, 0.15) is 5.52 Å². The number of pyridine rings is 1. The van der Waals surface area contributed by atoms with Crippen molar-refractivity contribution in [1.82, 2.24) is 9.97 Å². The fraction of sp³-hybridized carbons (Fsp3) is 0.0769. The molecule has 0 amide bonds. The molecule has 0 bridgehead atoms. The molecule has 0 saturated heterocycles. The van der Waals surface area contributed by atoms with Crippen LogP contribution in [-0.2, 0) is 0 Å². The Kier molecular flexibility index (Phi) is 2.70. The summed E-state index contributed by atoms with van der Waals surface area (Å²) in [6, 6.07) is 5.29. The molecule has 0 aliphatic heterocycles. The number of halogens is 3. The van der Waals surface area contributed by atoms with Crippen molar-refractivity contribution in [2.24, 2.45) is 0 Å². The molecule has 1 aromatic carbocycles. The van der Waals surface area contributed by atoms with Crippen molar-refractivity contribution in [2.75, 3.05) is 0 Å². The lowest BCUT2D eigenvalue weighted by atomic mass is 10.2. The summed E-state index contributed by atoms with van der Waals surface area (Å²) in [5.41, 5.74) is 0.590. The molecular weight excluding hydrogens is 257 g/mol. The zero-order chi connectivity index (χ0) is 13.4. The van der Waals surface area contributed by atoms with Crippen LogP contribution in [0.4, 0.5) is 13.2 Å². The minimum Gasteiger partial charge on any atom is -0.436 e. The van der Waals surface area contributed by atoms with E-state index in [0.29, 0.717) is 5.58 Å². The van der Waals surface area contributed by atoms with Gasteiger partial charge in [0.2, 0.25) is 5.89 Å². The van der Waals surface area contributed by atoms with E-state index in [1.165, 1.54) is 30.5 Å². The summed E-state index contributed by atoms with van der Waals surface area (Å²) in [6.45, 7) is 0. The van der Waals surface area contributed by atoms with Crippen LogP contribution in [0.25, 0.3) is 22.6 Å². The number of alkyl halides is 2. The summed E-state index contributed by atoms with van der Waals surface area (Å²) in [7, 11) is 0. The first-order chi connectivity index (χ1) is 9.15. The minimum atomic E-state index is -2.58. The molecular formula is C13H7F3N2O. The molecule has 2 aromatic heterocycles. The van der Waals surface area contributed by atoms with Gasteiger partial charge in [0.05, 0.1) is 11.8 Å². The van der Waals surface area contributed by atoms with Crippen LogP contribution >= 0.6 is 0 Å². The highest BCUT2D eigenvalue weighted by Gasteiger charge is 2.14. The second-order valence-electron chi connectivity index (χ2n) is 3.90. The van der Waals surface area contributed by atoms with Crippen molar-refractivity contribution in [2.45, 2.75) is 6.43 Å². The van der Waals surface area contributed by atoms with Crippen molar-refractivity contribution in [1.29, 1.82) is 0 Å². The summed E-state index contributed by atoms with van der Waals surface area (Å²) in [5.74, 6) is -0.538. The topological polar surface area (TPSA) is 38.9 Å². The summed E-state index contributed by atoms with van der Waals surface area (Å²) in [4.78, 5) is 7.64. The zero-order valence-electron chi connectivity index (χ0n) is 9.48. The molecule has 0 spiro atoms. The standard InChI is InChI=1S/C13H7F3N2O/c14-9-6-17-4-3-8(9)13-18-10-5-7(12(15)16)1-2-11(10)19-13/h1-6,12H. The van der Waals surface area contributed by atoms with Gasteiger partial charge in [-0.05, 0) is 24.3 Å². The maximum atomic E-state index is 13.5. The largest absolute Gasteiger partial charge is 0.436 e. The zero-order valence-corrected chi connectivity index (χ0v) is 9.48. The van der Waals surface area contributed by atoms with Crippen LogP contribution in [0.1, 0.15) is 12.0 Å². The lowest BCUT2D eigenvalue weighted by molar-refractivity contribution is 0.151. The molecule has 0 radical (unpaired) electrons. The highest BCUT2D eigenvalue weighted by Crippen LogP contribution is 2.28. The highest BCUT2D eigenvalue weighted by molar-refractivity contribution is 5.77. The van der Waals surface area contributed by atoms with Gasteiger partial charge in [0.15, 0.2) is 11.4 Å². The van der Waals surface area contributed by atoms with Gasteiger partial charge in [0.25, 0.3) is 6.43 Å². The van der Waals surface area contributed by atoms with Crippen molar-refractivity contribution in [3.8, 4) is 11.5 Å². The van der Waals surface area contributed by atoms with Crippen LogP contribution in [0.15, 0.2) is 41.1 Å². The molecule has 0 unspecified atom stereocenters. The number of rotatable bonds is 2. The first kappa shape index (κ1) is 11.7. The number of hydrogen-bond acceptors (Lipinski definition) is 3. The monoisotopic (exact) mass is 264 g/mol. The highest BCUT2D eigenvalue weighted by atomic mass is 19.3. The summed E-state index contributed by atoms with van der Waals surface area (Å²) < 4.78 is 44.0. The van der Waals surface area contributed by atoms with E-state index in [1.54, 1.807) is 0 Å². The Bertz CT molecular complexity index is 740. The Balaban J connectivity index is 2.14. The molecule has 3 rings (SSSR count). The van der Waals surface area contributed by atoms with Gasteiger partial charge < -0.3 is 4.42 Å². The minimum absolute atomic E-state index is 0.0429. The van der Waals surface area contributed by atoms with Gasteiger partial charge in [0, 0.05) is 11.8 Å². The normalized spacial score (nSPS) is 11.4. The van der Waals surface area contributed by atoms with Crippen molar-refractivity contribution < 1.29 is 17.6 Å². The Morgan fingerprint density at radius 2 is 2.00 bits per heavy atom. The van der Waals surface area contributed by atoms with Crippen molar-refractivity contribution in [3.05, 3.63) is 48.0 Å². The number of aromatic nitrogens is 2. The number of hydrogen-bond donors (Lipinski definition) is 0. The third-order valence-corrected chi connectivity index (χ3v) is 2.67. The van der Waals surface area contributed by atoms with Crippen LogP contribution in [0.3, 0.4) is 0 Å². The van der Waals surface area contributed by atoms with Gasteiger partial charge in [-0.25, -0.2) is 18.2 Å². The molecule has 0 N–H and O–H groups in total. The SMILES string of the molecule is Fc1cnccc1-c1nc2cc(C(F)F)ccc2o1. The van der Waals surface area contributed by atoms with Crippen LogP contribution in [0, 0.1) is 5.82 Å². The Hall–Kier alpha value is -2.37. The smallest absolute Gasteiger partial charge is 0.263 e. The maximum Gasteiger partial charge on any atom is 0.263 e. The van der Waals surface area contributed by atoms with Gasteiger partial charge in [-0.3, -0.25) is 4.98 Å². The summed E-state index contributed by atoms with van der Waals surface area (Å²) >= 11 is 0. The third-order valence-electron chi connectivity index (χ3n) is 2.67. The second-order valence-corrected chi connectivity index (χ2v) is 3.90. The van der Waals surface area contributed by atoms with E-state index in [1.807, 2.05) is 0 Å². The van der Waals surface area contributed by atoms with Crippen molar-refractivity contribution in [3.63, 3.8) is 0 Å². The van der Waals surface area contributed by atoms with Crippen LogP contribution in [-0.4, -0.2) is 9.97 Å². The Morgan fingerprint density at radius 1 is 1.16 bits per heavy atom. The van der Waals surface area contributed by atoms with Crippen LogP contribution in [0.2, 0.25) is 0 Å². The molecule has 3 nitrogen and oxygen atoms in total. The lowest BCUT2D eigenvalue weighted by Crippen LogP contribution is -1.85. The van der Waals surface area contributed by atoms with Gasteiger partial charge >= 0.3 is 0 Å². The van der Waals surface area contributed by atoms with E-state index in [9.17, 15) is 13.2 Å². The molecule has 0 aliphatic carbocycles. The molecule has 0 aliphatic rings. The van der Waals surface area contributed by atoms with Crippen molar-refractivity contribution >= 4 is 11.1 Å². The van der Waals surface area contributed by atoms with Gasteiger partial charge in [-0.1, -0.05) is 0 Å². The maximum absolute atomic E-state index is 13.5. The molecule has 19 heavy (non-hydrogen) atoms. The number of fused-ring (bicyclic) bond motifs is 1. The van der Waals surface area contributed by atoms with Crippen LogP contribution < -0.4 is 0 Å². The van der Waals surface area contributed by atoms with E-state index in [0.717, 1.165) is 6.20 Å². The Labute approximate surface area is 105 Å². The Morgan fingerprint density at radius 3 is 2.74 bits per heavy atom. The molecule has 3 aromatic rings. The predicted molar refractivity (Wildman–Crippen MR) is 62.2 cm³/mol. The van der Waals surface area contributed by atoms with E-state index in [4.69, 9.17) is 4.42 Å². The second kappa shape index (κ2) is 4.38. The van der Waals surface area contributed by atoms with E-state index in [2.05, 4.69) is 9.97 Å². The number of oxazole rings is 1. The quantitative estimate of drug-likeness (QED) is 0.703. The van der Waals surface area contributed by atoms with E-state index < -0.39 is 12.2 Å². The molecule has 6 heteroatoms. The summed E-state index contributed by atoms with van der Waals surface area (Å²) in [5, 5.41) is 0. The molecule has 0 atom stereocenters. The first-order valence-corrected chi connectivity index (χ1v) is 5.43. The fourth-order valence-corrected chi connectivity index (χ4v) is 1.74. The average molecular weight is 264 g/mol. The molecule has 0 saturated carbocycles.